The minimum absolute atomic E-state index is 0.0517. The predicted molar refractivity (Wildman–Crippen MR) is 91.0 cm³/mol. The molecule has 0 aliphatic carbocycles. The van der Waals surface area contributed by atoms with Crippen molar-refractivity contribution in [1.29, 1.82) is 0 Å². The molecule has 0 unspecified atom stereocenters. The highest BCUT2D eigenvalue weighted by molar-refractivity contribution is 5.93. The summed E-state index contributed by atoms with van der Waals surface area (Å²) in [5.41, 5.74) is 0.368. The molecule has 2 fully saturated rings. The van der Waals surface area contributed by atoms with E-state index in [2.05, 4.69) is 22.1 Å². The Morgan fingerprint density at radius 2 is 2.46 bits per heavy atom. The maximum Gasteiger partial charge on any atom is 0.252 e. The van der Waals surface area contributed by atoms with Crippen LogP contribution in [0.4, 0.5) is 0 Å². The average Bonchev–Trinajstić information content (AvgIpc) is 2.89. The number of amides is 1. The van der Waals surface area contributed by atoms with Crippen molar-refractivity contribution in [3.63, 3.8) is 0 Å². The fourth-order valence-corrected chi connectivity index (χ4v) is 3.56. The van der Waals surface area contributed by atoms with E-state index in [1.54, 1.807) is 24.5 Å². The minimum atomic E-state index is -0.213. The zero-order valence-electron chi connectivity index (χ0n) is 14.4. The number of hydrogen-bond acceptors (Lipinski definition) is 5. The molecule has 2 atom stereocenters. The van der Waals surface area contributed by atoms with Gasteiger partial charge in [-0.2, -0.15) is 0 Å². The molecule has 2 aliphatic heterocycles. The number of carbonyl (C=O) groups excluding carboxylic acids is 1. The predicted octanol–water partition coefficient (Wildman–Crippen LogP) is 1.47. The molecule has 132 valence electrons. The van der Waals surface area contributed by atoms with E-state index in [4.69, 9.17) is 9.47 Å². The van der Waals surface area contributed by atoms with Gasteiger partial charge in [0.25, 0.3) is 5.91 Å². The van der Waals surface area contributed by atoms with Crippen molar-refractivity contribution in [2.24, 2.45) is 0 Å². The molecular weight excluding hydrogens is 306 g/mol. The van der Waals surface area contributed by atoms with Crippen LogP contribution in [0.15, 0.2) is 24.5 Å². The third-order valence-electron chi connectivity index (χ3n) is 4.72. The number of nitrogens with one attached hydrogen (secondary N) is 1. The number of pyridine rings is 1. The number of ether oxygens (including phenoxy) is 2. The summed E-state index contributed by atoms with van der Waals surface area (Å²) in [5.74, 6) is -0.0997. The summed E-state index contributed by atoms with van der Waals surface area (Å²) in [6.07, 6.45) is 6.37. The maximum absolute atomic E-state index is 12.1. The van der Waals surface area contributed by atoms with Gasteiger partial charge in [-0.05, 0) is 37.9 Å². The molecule has 0 radical (unpaired) electrons. The summed E-state index contributed by atoms with van der Waals surface area (Å²) in [5, 5.41) is 2.96. The first-order valence-corrected chi connectivity index (χ1v) is 8.87. The topological polar surface area (TPSA) is 63.7 Å². The molecule has 0 bridgehead atoms. The van der Waals surface area contributed by atoms with Gasteiger partial charge in [0.2, 0.25) is 0 Å². The van der Waals surface area contributed by atoms with Crippen molar-refractivity contribution in [2.45, 2.75) is 37.9 Å². The molecule has 2 aliphatic rings. The van der Waals surface area contributed by atoms with Crippen molar-refractivity contribution in [3.8, 4) is 0 Å². The third-order valence-corrected chi connectivity index (χ3v) is 4.72. The highest BCUT2D eigenvalue weighted by atomic mass is 16.6. The highest BCUT2D eigenvalue weighted by Crippen LogP contribution is 2.32. The van der Waals surface area contributed by atoms with E-state index in [0.29, 0.717) is 18.7 Å². The summed E-state index contributed by atoms with van der Waals surface area (Å²) >= 11 is 0. The van der Waals surface area contributed by atoms with Crippen LogP contribution in [0.2, 0.25) is 0 Å². The van der Waals surface area contributed by atoms with E-state index in [-0.39, 0.29) is 17.6 Å². The Labute approximate surface area is 143 Å². The molecule has 0 saturated carbocycles. The summed E-state index contributed by atoms with van der Waals surface area (Å²) in [4.78, 5) is 18.5. The zero-order valence-corrected chi connectivity index (χ0v) is 14.4. The van der Waals surface area contributed by atoms with Crippen molar-refractivity contribution < 1.29 is 14.3 Å². The molecule has 3 rings (SSSR count). The van der Waals surface area contributed by atoms with Crippen molar-refractivity contribution in [2.75, 3.05) is 39.4 Å². The van der Waals surface area contributed by atoms with Gasteiger partial charge in [-0.1, -0.05) is 6.92 Å². The lowest BCUT2D eigenvalue weighted by Gasteiger charge is -2.31. The smallest absolute Gasteiger partial charge is 0.252 e. The van der Waals surface area contributed by atoms with Gasteiger partial charge in [0.1, 0.15) is 5.60 Å². The van der Waals surface area contributed by atoms with Gasteiger partial charge in [-0.25, -0.2) is 0 Å². The monoisotopic (exact) mass is 333 g/mol. The number of nitrogens with zero attached hydrogens (tertiary/aromatic N) is 2. The summed E-state index contributed by atoms with van der Waals surface area (Å²) in [7, 11) is 0. The fourth-order valence-electron chi connectivity index (χ4n) is 3.56. The Kier molecular flexibility index (Phi) is 5.81. The second kappa shape index (κ2) is 8.05. The Morgan fingerprint density at radius 3 is 3.25 bits per heavy atom. The SMILES string of the molecule is CCCN1CCOC[C@@]2(CC[C@H](CNC(=O)c3cccnc3)O2)C1. The molecule has 24 heavy (non-hydrogen) atoms. The van der Waals surface area contributed by atoms with Gasteiger partial charge in [0, 0.05) is 32.0 Å². The van der Waals surface area contributed by atoms with E-state index < -0.39 is 0 Å². The van der Waals surface area contributed by atoms with Crippen LogP contribution in [0, 0.1) is 0 Å². The van der Waals surface area contributed by atoms with Gasteiger partial charge in [0.15, 0.2) is 0 Å². The Hall–Kier alpha value is -1.50. The Morgan fingerprint density at radius 1 is 1.54 bits per heavy atom. The van der Waals surface area contributed by atoms with E-state index in [1.165, 1.54) is 0 Å². The van der Waals surface area contributed by atoms with Crippen LogP contribution in [-0.4, -0.2) is 66.9 Å². The maximum atomic E-state index is 12.1. The molecule has 0 aromatic carbocycles. The third kappa shape index (κ3) is 4.32. The highest BCUT2D eigenvalue weighted by Gasteiger charge is 2.42. The lowest BCUT2D eigenvalue weighted by molar-refractivity contribution is -0.0843. The standard InChI is InChI=1S/C18H27N3O3/c1-2-8-21-9-10-23-14-18(13-21)6-5-16(24-18)12-20-17(22)15-4-3-7-19-11-15/h3-4,7,11,16H,2,5-6,8-10,12-14H2,1H3,(H,20,22)/t16-,18-/m1/s1. The van der Waals surface area contributed by atoms with Gasteiger partial charge < -0.3 is 14.8 Å². The molecule has 1 spiro atoms. The van der Waals surface area contributed by atoms with E-state index in [0.717, 1.165) is 45.5 Å². The van der Waals surface area contributed by atoms with Gasteiger partial charge >= 0.3 is 0 Å². The van der Waals surface area contributed by atoms with Crippen LogP contribution in [-0.2, 0) is 9.47 Å². The first kappa shape index (κ1) is 17.3. The van der Waals surface area contributed by atoms with Crippen LogP contribution in [0.3, 0.4) is 0 Å². The number of carbonyl (C=O) groups is 1. The molecular formula is C18H27N3O3. The van der Waals surface area contributed by atoms with Crippen molar-refractivity contribution >= 4 is 5.91 Å². The summed E-state index contributed by atoms with van der Waals surface area (Å²) in [6.45, 7) is 7.13. The van der Waals surface area contributed by atoms with Crippen LogP contribution in [0.5, 0.6) is 0 Å². The molecule has 2 saturated heterocycles. The van der Waals surface area contributed by atoms with E-state index in [1.807, 2.05) is 0 Å². The molecule has 6 nitrogen and oxygen atoms in total. The minimum Gasteiger partial charge on any atom is -0.377 e. The van der Waals surface area contributed by atoms with Crippen LogP contribution in [0.25, 0.3) is 0 Å². The fraction of sp³-hybridized carbons (Fsp3) is 0.667. The van der Waals surface area contributed by atoms with Crippen molar-refractivity contribution in [3.05, 3.63) is 30.1 Å². The lowest BCUT2D eigenvalue weighted by atomic mass is 10.00. The number of aromatic nitrogens is 1. The normalized spacial score (nSPS) is 28.0. The molecule has 1 aromatic heterocycles. The lowest BCUT2D eigenvalue weighted by Crippen LogP contribution is -2.45. The number of rotatable bonds is 5. The molecule has 6 heteroatoms. The summed E-state index contributed by atoms with van der Waals surface area (Å²) < 4.78 is 12.1. The largest absolute Gasteiger partial charge is 0.377 e. The molecule has 1 amide bonds. The Bertz CT molecular complexity index is 540. The van der Waals surface area contributed by atoms with Crippen LogP contribution < -0.4 is 5.32 Å². The first-order valence-electron chi connectivity index (χ1n) is 8.87. The van der Waals surface area contributed by atoms with Crippen molar-refractivity contribution in [1.82, 2.24) is 15.2 Å². The molecule has 1 aromatic rings. The van der Waals surface area contributed by atoms with Crippen LogP contribution >= 0.6 is 0 Å². The van der Waals surface area contributed by atoms with Gasteiger partial charge in [-0.15, -0.1) is 0 Å². The average molecular weight is 333 g/mol. The number of hydrogen-bond donors (Lipinski definition) is 1. The molecule has 1 N–H and O–H groups in total. The van der Waals surface area contributed by atoms with E-state index >= 15 is 0 Å². The molecule has 3 heterocycles. The first-order chi connectivity index (χ1) is 11.7. The van der Waals surface area contributed by atoms with Crippen LogP contribution in [0.1, 0.15) is 36.5 Å². The van der Waals surface area contributed by atoms with Gasteiger partial charge in [0.05, 0.1) is 24.9 Å². The van der Waals surface area contributed by atoms with Gasteiger partial charge in [-0.3, -0.25) is 14.7 Å². The summed E-state index contributed by atoms with van der Waals surface area (Å²) in [6, 6.07) is 3.53. The van der Waals surface area contributed by atoms with E-state index in [9.17, 15) is 4.79 Å². The zero-order chi connectivity index (χ0) is 16.8. The second-order valence-electron chi connectivity index (χ2n) is 6.74. The Balaban J connectivity index is 1.52. The second-order valence-corrected chi connectivity index (χ2v) is 6.74. The quantitative estimate of drug-likeness (QED) is 0.884.